The highest BCUT2D eigenvalue weighted by Gasteiger charge is 2.13. The first-order valence-corrected chi connectivity index (χ1v) is 7.40. The summed E-state index contributed by atoms with van der Waals surface area (Å²) in [7, 11) is 0. The third kappa shape index (κ3) is 3.43. The van der Waals surface area contributed by atoms with E-state index in [0.717, 1.165) is 22.0 Å². The summed E-state index contributed by atoms with van der Waals surface area (Å²) >= 11 is 1.54. The summed E-state index contributed by atoms with van der Waals surface area (Å²) in [5, 5.41) is 8.43. The number of hydrogen-bond acceptors (Lipinski definition) is 5. The number of aryl methyl sites for hydroxylation is 1. The van der Waals surface area contributed by atoms with Crippen LogP contribution in [0.3, 0.4) is 0 Å². The standard InChI is InChI=1S/C14H15N3O3S/c1-9-7-21-13(17-9)6-16-14(18)15-5-10-2-3-11-12(4-10)20-8-19-11/h2-4,7H,5-6,8H2,1H3,(H2,15,16,18). The number of rotatable bonds is 4. The van der Waals surface area contributed by atoms with Crippen molar-refractivity contribution < 1.29 is 14.3 Å². The van der Waals surface area contributed by atoms with Crippen molar-refractivity contribution in [2.45, 2.75) is 20.0 Å². The van der Waals surface area contributed by atoms with Gasteiger partial charge in [-0.3, -0.25) is 0 Å². The van der Waals surface area contributed by atoms with Crippen LogP contribution in [-0.4, -0.2) is 17.8 Å². The Morgan fingerprint density at radius 1 is 1.29 bits per heavy atom. The molecule has 0 saturated heterocycles. The first-order valence-electron chi connectivity index (χ1n) is 6.52. The molecule has 1 aliphatic rings. The number of urea groups is 1. The maximum atomic E-state index is 11.7. The number of thiazole rings is 1. The number of fused-ring (bicyclic) bond motifs is 1. The van der Waals surface area contributed by atoms with Gasteiger partial charge in [0, 0.05) is 17.6 Å². The Balaban J connectivity index is 1.47. The summed E-state index contributed by atoms with van der Waals surface area (Å²) in [5.41, 5.74) is 1.93. The molecule has 0 unspecified atom stereocenters. The number of nitrogens with zero attached hydrogens (tertiary/aromatic N) is 1. The van der Waals surface area contributed by atoms with E-state index < -0.39 is 0 Å². The van der Waals surface area contributed by atoms with Gasteiger partial charge in [0.15, 0.2) is 11.5 Å². The van der Waals surface area contributed by atoms with Crippen molar-refractivity contribution in [1.29, 1.82) is 0 Å². The van der Waals surface area contributed by atoms with Gasteiger partial charge in [-0.1, -0.05) is 6.07 Å². The Kier molecular flexibility index (Phi) is 3.92. The average Bonchev–Trinajstić information content (AvgIpc) is 3.10. The molecule has 0 bridgehead atoms. The van der Waals surface area contributed by atoms with Gasteiger partial charge < -0.3 is 20.1 Å². The van der Waals surface area contributed by atoms with E-state index in [2.05, 4.69) is 15.6 Å². The third-order valence-corrected chi connectivity index (χ3v) is 3.92. The monoisotopic (exact) mass is 305 g/mol. The molecule has 21 heavy (non-hydrogen) atoms. The first-order chi connectivity index (χ1) is 10.2. The van der Waals surface area contributed by atoms with Crippen molar-refractivity contribution in [2.75, 3.05) is 6.79 Å². The smallest absolute Gasteiger partial charge is 0.315 e. The number of aromatic nitrogens is 1. The molecule has 3 rings (SSSR count). The van der Waals surface area contributed by atoms with Crippen LogP contribution in [0.5, 0.6) is 11.5 Å². The Morgan fingerprint density at radius 3 is 2.90 bits per heavy atom. The summed E-state index contributed by atoms with van der Waals surface area (Å²) in [6, 6.07) is 5.39. The van der Waals surface area contributed by atoms with Gasteiger partial charge in [-0.2, -0.15) is 0 Å². The number of hydrogen-bond donors (Lipinski definition) is 2. The fourth-order valence-corrected chi connectivity index (χ4v) is 2.65. The predicted molar refractivity (Wildman–Crippen MR) is 78.5 cm³/mol. The van der Waals surface area contributed by atoms with Crippen LogP contribution in [0, 0.1) is 6.92 Å². The van der Waals surface area contributed by atoms with E-state index in [1.54, 1.807) is 0 Å². The molecular weight excluding hydrogens is 290 g/mol. The largest absolute Gasteiger partial charge is 0.454 e. The Morgan fingerprint density at radius 2 is 2.10 bits per heavy atom. The van der Waals surface area contributed by atoms with Crippen LogP contribution in [0.1, 0.15) is 16.3 Å². The molecule has 2 amide bonds. The van der Waals surface area contributed by atoms with Crippen LogP contribution in [-0.2, 0) is 13.1 Å². The molecule has 0 radical (unpaired) electrons. The quantitative estimate of drug-likeness (QED) is 0.908. The molecule has 2 heterocycles. The number of amides is 2. The lowest BCUT2D eigenvalue weighted by atomic mass is 10.2. The molecule has 0 fully saturated rings. The van der Waals surface area contributed by atoms with Gasteiger partial charge in [-0.05, 0) is 24.6 Å². The normalized spacial score (nSPS) is 12.2. The molecule has 7 heteroatoms. The molecular formula is C14H15N3O3S. The Hall–Kier alpha value is -2.28. The van der Waals surface area contributed by atoms with E-state index >= 15 is 0 Å². The van der Waals surface area contributed by atoms with Crippen molar-refractivity contribution in [3.8, 4) is 11.5 Å². The van der Waals surface area contributed by atoms with Crippen molar-refractivity contribution in [3.63, 3.8) is 0 Å². The van der Waals surface area contributed by atoms with Gasteiger partial charge >= 0.3 is 6.03 Å². The Labute approximate surface area is 126 Å². The zero-order valence-electron chi connectivity index (χ0n) is 11.5. The lowest BCUT2D eigenvalue weighted by Gasteiger charge is -2.07. The van der Waals surface area contributed by atoms with E-state index in [1.165, 1.54) is 11.3 Å². The zero-order valence-corrected chi connectivity index (χ0v) is 12.3. The van der Waals surface area contributed by atoms with Crippen molar-refractivity contribution >= 4 is 17.4 Å². The number of carbonyl (C=O) groups excluding carboxylic acids is 1. The van der Waals surface area contributed by atoms with Crippen molar-refractivity contribution in [1.82, 2.24) is 15.6 Å². The van der Waals surface area contributed by atoms with Crippen LogP contribution in [0.25, 0.3) is 0 Å². The minimum atomic E-state index is -0.222. The van der Waals surface area contributed by atoms with Gasteiger partial charge in [0.05, 0.1) is 6.54 Å². The van der Waals surface area contributed by atoms with Gasteiger partial charge in [0.1, 0.15) is 5.01 Å². The summed E-state index contributed by atoms with van der Waals surface area (Å²) in [4.78, 5) is 16.0. The van der Waals surface area contributed by atoms with E-state index in [9.17, 15) is 4.79 Å². The lowest BCUT2D eigenvalue weighted by molar-refractivity contribution is 0.174. The zero-order chi connectivity index (χ0) is 14.7. The second kappa shape index (κ2) is 6.01. The van der Waals surface area contributed by atoms with E-state index in [-0.39, 0.29) is 12.8 Å². The SMILES string of the molecule is Cc1csc(CNC(=O)NCc2ccc3c(c2)OCO3)n1. The number of nitrogens with one attached hydrogen (secondary N) is 2. The fraction of sp³-hybridized carbons (Fsp3) is 0.286. The van der Waals surface area contributed by atoms with E-state index in [0.29, 0.717) is 18.8 Å². The molecule has 1 aliphatic heterocycles. The summed E-state index contributed by atoms with van der Waals surface area (Å²) in [6.07, 6.45) is 0. The lowest BCUT2D eigenvalue weighted by Crippen LogP contribution is -2.34. The first kappa shape index (κ1) is 13.7. The summed E-state index contributed by atoms with van der Waals surface area (Å²) in [6.45, 7) is 3.05. The predicted octanol–water partition coefficient (Wildman–Crippen LogP) is 2.18. The van der Waals surface area contributed by atoms with Gasteiger partial charge in [-0.25, -0.2) is 9.78 Å². The number of ether oxygens (including phenoxy) is 2. The highest BCUT2D eigenvalue weighted by molar-refractivity contribution is 7.09. The molecule has 0 spiro atoms. The minimum Gasteiger partial charge on any atom is -0.454 e. The van der Waals surface area contributed by atoms with Gasteiger partial charge in [-0.15, -0.1) is 11.3 Å². The average molecular weight is 305 g/mol. The van der Waals surface area contributed by atoms with Crippen LogP contribution in [0.4, 0.5) is 4.79 Å². The molecule has 0 aliphatic carbocycles. The van der Waals surface area contributed by atoms with Crippen LogP contribution >= 0.6 is 11.3 Å². The second-order valence-corrected chi connectivity index (χ2v) is 5.55. The van der Waals surface area contributed by atoms with Gasteiger partial charge in [0.2, 0.25) is 6.79 Å². The minimum absolute atomic E-state index is 0.222. The Bertz CT molecular complexity index is 657. The van der Waals surface area contributed by atoms with E-state index in [1.807, 2.05) is 30.5 Å². The van der Waals surface area contributed by atoms with Gasteiger partial charge in [0.25, 0.3) is 0 Å². The van der Waals surface area contributed by atoms with Crippen LogP contribution in [0.15, 0.2) is 23.6 Å². The summed E-state index contributed by atoms with van der Waals surface area (Å²) in [5.74, 6) is 1.45. The molecule has 6 nitrogen and oxygen atoms in total. The number of carbonyl (C=O) groups is 1. The second-order valence-electron chi connectivity index (χ2n) is 4.61. The maximum Gasteiger partial charge on any atom is 0.315 e. The van der Waals surface area contributed by atoms with Crippen LogP contribution in [0.2, 0.25) is 0 Å². The molecule has 110 valence electrons. The molecule has 1 aromatic heterocycles. The molecule has 0 atom stereocenters. The maximum absolute atomic E-state index is 11.7. The van der Waals surface area contributed by atoms with E-state index in [4.69, 9.17) is 9.47 Å². The van der Waals surface area contributed by atoms with Crippen LogP contribution < -0.4 is 20.1 Å². The third-order valence-electron chi connectivity index (χ3n) is 2.96. The molecule has 2 N–H and O–H groups in total. The molecule has 0 saturated carbocycles. The van der Waals surface area contributed by atoms with Crippen molar-refractivity contribution in [2.24, 2.45) is 0 Å². The topological polar surface area (TPSA) is 72.5 Å². The number of benzene rings is 1. The summed E-state index contributed by atoms with van der Waals surface area (Å²) < 4.78 is 10.5. The highest BCUT2D eigenvalue weighted by atomic mass is 32.1. The van der Waals surface area contributed by atoms with Crippen molar-refractivity contribution in [3.05, 3.63) is 39.8 Å². The fourth-order valence-electron chi connectivity index (χ4n) is 1.94. The molecule has 1 aromatic carbocycles. The highest BCUT2D eigenvalue weighted by Crippen LogP contribution is 2.32. The molecule has 2 aromatic rings.